The van der Waals surface area contributed by atoms with Crippen LogP contribution in [0, 0.1) is 0 Å². The fraction of sp³-hybridized carbons (Fsp3) is 0. The van der Waals surface area contributed by atoms with Crippen LogP contribution < -0.4 is 4.90 Å². The van der Waals surface area contributed by atoms with Gasteiger partial charge in [0.25, 0.3) is 0 Å². The molecule has 324 valence electrons. The van der Waals surface area contributed by atoms with Gasteiger partial charge in [-0.3, -0.25) is 0 Å². The summed E-state index contributed by atoms with van der Waals surface area (Å²) in [7, 11) is 0. The van der Waals surface area contributed by atoms with E-state index < -0.39 is 0 Å². The van der Waals surface area contributed by atoms with Crippen molar-refractivity contribution in [2.24, 2.45) is 0 Å². The summed E-state index contributed by atoms with van der Waals surface area (Å²) in [5.41, 5.74) is 20.2. The van der Waals surface area contributed by atoms with Crippen LogP contribution in [0.15, 0.2) is 271 Å². The van der Waals surface area contributed by atoms with Crippen LogP contribution in [0.4, 0.5) is 17.1 Å². The van der Waals surface area contributed by atoms with Gasteiger partial charge in [-0.05, 0) is 147 Å². The van der Waals surface area contributed by atoms with Crippen molar-refractivity contribution >= 4 is 60.8 Å². The van der Waals surface area contributed by atoms with Gasteiger partial charge < -0.3 is 13.9 Å². The highest BCUT2D eigenvalue weighted by Crippen LogP contribution is 2.43. The molecule has 0 N–H and O–H groups in total. The average Bonchev–Trinajstić information content (AvgIpc) is 3.97. The molecule has 0 radical (unpaired) electrons. The summed E-state index contributed by atoms with van der Waals surface area (Å²) in [5.74, 6) is 0. The minimum absolute atomic E-state index is 0.882. The summed E-state index contributed by atoms with van der Waals surface area (Å²) < 4.78 is 8.72. The highest BCUT2D eigenvalue weighted by molar-refractivity contribution is 6.11. The van der Waals surface area contributed by atoms with Crippen molar-refractivity contribution in [2.75, 3.05) is 4.90 Å². The first-order chi connectivity index (χ1) is 34.2. The number of rotatable bonds is 9. The fourth-order valence-corrected chi connectivity index (χ4v) is 10.2. The normalized spacial score (nSPS) is 11.5. The summed E-state index contributed by atoms with van der Waals surface area (Å²) in [4.78, 5) is 2.37. The molecule has 2 heterocycles. The Morgan fingerprint density at radius 3 is 1.46 bits per heavy atom. The Morgan fingerprint density at radius 2 is 0.754 bits per heavy atom. The fourth-order valence-electron chi connectivity index (χ4n) is 10.2. The zero-order valence-corrected chi connectivity index (χ0v) is 37.7. The third-order valence-electron chi connectivity index (χ3n) is 13.6. The largest absolute Gasteiger partial charge is 0.456 e. The van der Waals surface area contributed by atoms with E-state index in [1.807, 2.05) is 12.1 Å². The Morgan fingerprint density at radius 1 is 0.261 bits per heavy atom. The second-order valence-corrected chi connectivity index (χ2v) is 17.7. The molecule has 0 unspecified atom stereocenters. The van der Waals surface area contributed by atoms with E-state index in [0.717, 1.165) is 72.5 Å². The predicted molar refractivity (Wildman–Crippen MR) is 290 cm³/mol. The molecule has 0 saturated carbocycles. The summed E-state index contributed by atoms with van der Waals surface area (Å²) in [6.07, 6.45) is 0. The molecule has 13 rings (SSSR count). The number of furan rings is 1. The van der Waals surface area contributed by atoms with Gasteiger partial charge in [-0.1, -0.05) is 176 Å². The zero-order chi connectivity index (χ0) is 45.7. The molecule has 0 amide bonds. The lowest BCUT2D eigenvalue weighted by Crippen LogP contribution is -2.10. The van der Waals surface area contributed by atoms with E-state index in [1.54, 1.807) is 0 Å². The van der Waals surface area contributed by atoms with Crippen LogP contribution in [0.1, 0.15) is 0 Å². The predicted octanol–water partition coefficient (Wildman–Crippen LogP) is 18.5. The van der Waals surface area contributed by atoms with Crippen LogP contribution in [0.3, 0.4) is 0 Å². The van der Waals surface area contributed by atoms with Crippen molar-refractivity contribution < 1.29 is 4.42 Å². The molecular weight excluding hydrogens is 837 g/mol. The van der Waals surface area contributed by atoms with Crippen molar-refractivity contribution in [3.8, 4) is 61.3 Å². The number of para-hydroxylation sites is 3. The summed E-state index contributed by atoms with van der Waals surface area (Å²) in [6.45, 7) is 0. The minimum Gasteiger partial charge on any atom is -0.456 e. The molecule has 0 spiro atoms. The van der Waals surface area contributed by atoms with Crippen molar-refractivity contribution in [3.63, 3.8) is 0 Å². The van der Waals surface area contributed by atoms with Crippen molar-refractivity contribution in [2.45, 2.75) is 0 Å². The Hall–Kier alpha value is -9.18. The molecule has 0 saturated heterocycles. The van der Waals surface area contributed by atoms with Crippen molar-refractivity contribution in [1.29, 1.82) is 0 Å². The maximum Gasteiger partial charge on any atom is 0.135 e. The van der Waals surface area contributed by atoms with Gasteiger partial charge in [-0.15, -0.1) is 0 Å². The van der Waals surface area contributed by atoms with Crippen LogP contribution in [0.5, 0.6) is 0 Å². The molecule has 11 aromatic carbocycles. The first-order valence-electron chi connectivity index (χ1n) is 23.6. The Bertz CT molecular complexity index is 3900. The van der Waals surface area contributed by atoms with Gasteiger partial charge >= 0.3 is 0 Å². The van der Waals surface area contributed by atoms with E-state index >= 15 is 0 Å². The molecule has 0 atom stereocenters. The standard InChI is InChI=1S/C66H44N2O/c1-4-15-45(16-5-1)47-27-34-54(35-28-47)67(55-36-29-48(30-37-55)46-17-6-2-7-18-46)56-22-14-19-51(41-56)57-38-31-49(42-60(57)52-33-40-66-62(44-52)59-24-11-13-26-65(59)69-66)50-32-39-64-61(43-50)58-23-10-12-25-63(58)68(64)53-20-8-3-9-21-53/h1-44H. The number of hydrogen-bond donors (Lipinski definition) is 0. The van der Waals surface area contributed by atoms with E-state index in [4.69, 9.17) is 4.42 Å². The number of anilines is 3. The topological polar surface area (TPSA) is 21.3 Å². The summed E-state index contributed by atoms with van der Waals surface area (Å²) in [5, 5.41) is 4.68. The van der Waals surface area contributed by atoms with Gasteiger partial charge in [-0.25, -0.2) is 0 Å². The Labute approximate surface area is 401 Å². The van der Waals surface area contributed by atoms with E-state index in [-0.39, 0.29) is 0 Å². The van der Waals surface area contributed by atoms with Crippen LogP contribution in [0.25, 0.3) is 105 Å². The second-order valence-electron chi connectivity index (χ2n) is 17.7. The molecule has 13 aromatic rings. The maximum atomic E-state index is 6.34. The third-order valence-corrected chi connectivity index (χ3v) is 13.6. The monoisotopic (exact) mass is 880 g/mol. The van der Waals surface area contributed by atoms with Gasteiger partial charge in [0.05, 0.1) is 11.0 Å². The lowest BCUT2D eigenvalue weighted by molar-refractivity contribution is 0.669. The maximum absolute atomic E-state index is 6.34. The lowest BCUT2D eigenvalue weighted by atomic mass is 9.90. The molecule has 0 fully saturated rings. The van der Waals surface area contributed by atoms with Gasteiger partial charge in [0.1, 0.15) is 11.2 Å². The number of fused-ring (bicyclic) bond motifs is 6. The minimum atomic E-state index is 0.882. The molecule has 0 aliphatic rings. The number of nitrogens with zero attached hydrogens (tertiary/aromatic N) is 2. The third kappa shape index (κ3) is 7.25. The van der Waals surface area contributed by atoms with Crippen LogP contribution >= 0.6 is 0 Å². The first-order valence-corrected chi connectivity index (χ1v) is 23.6. The first kappa shape index (κ1) is 40.1. The van der Waals surface area contributed by atoms with Crippen LogP contribution in [0.2, 0.25) is 0 Å². The number of hydrogen-bond acceptors (Lipinski definition) is 2. The van der Waals surface area contributed by atoms with Gasteiger partial charge in [0, 0.05) is 44.3 Å². The molecular formula is C66H44N2O. The quantitative estimate of drug-likeness (QED) is 0.144. The van der Waals surface area contributed by atoms with Gasteiger partial charge in [-0.2, -0.15) is 0 Å². The van der Waals surface area contributed by atoms with E-state index in [1.165, 1.54) is 49.6 Å². The zero-order valence-electron chi connectivity index (χ0n) is 37.7. The van der Waals surface area contributed by atoms with Crippen molar-refractivity contribution in [1.82, 2.24) is 4.57 Å². The molecule has 0 aliphatic heterocycles. The molecule has 69 heavy (non-hydrogen) atoms. The summed E-state index contributed by atoms with van der Waals surface area (Å²) >= 11 is 0. The molecule has 0 aliphatic carbocycles. The van der Waals surface area contributed by atoms with Gasteiger partial charge in [0.2, 0.25) is 0 Å². The van der Waals surface area contributed by atoms with E-state index in [9.17, 15) is 0 Å². The van der Waals surface area contributed by atoms with Crippen molar-refractivity contribution in [3.05, 3.63) is 267 Å². The van der Waals surface area contributed by atoms with E-state index in [2.05, 4.69) is 264 Å². The second kappa shape index (κ2) is 16.9. The number of aromatic nitrogens is 1. The SMILES string of the molecule is c1ccc(-c2ccc(N(c3ccc(-c4ccccc4)cc3)c3cccc(-c4ccc(-c5ccc6c(c5)c5ccccc5n6-c5ccccc5)cc4-c4ccc5oc6ccccc6c5c4)c3)cc2)cc1. The highest BCUT2D eigenvalue weighted by Gasteiger charge is 2.19. The van der Waals surface area contributed by atoms with Crippen LogP contribution in [-0.4, -0.2) is 4.57 Å². The molecule has 0 bridgehead atoms. The molecule has 2 aromatic heterocycles. The molecule has 3 nitrogen and oxygen atoms in total. The van der Waals surface area contributed by atoms with E-state index in [0.29, 0.717) is 0 Å². The Kier molecular flexibility index (Phi) is 9.84. The number of benzene rings is 11. The summed E-state index contributed by atoms with van der Waals surface area (Å²) in [6, 6.07) is 96.3. The Balaban J connectivity index is 0.966. The average molecular weight is 881 g/mol. The van der Waals surface area contributed by atoms with Gasteiger partial charge in [0.15, 0.2) is 0 Å². The smallest absolute Gasteiger partial charge is 0.135 e. The highest BCUT2D eigenvalue weighted by atomic mass is 16.3. The molecule has 3 heteroatoms. The van der Waals surface area contributed by atoms with Crippen LogP contribution in [-0.2, 0) is 0 Å². The lowest BCUT2D eigenvalue weighted by Gasteiger charge is -2.27.